The van der Waals surface area contributed by atoms with Gasteiger partial charge in [0.05, 0.1) is 6.26 Å². The third-order valence-electron chi connectivity index (χ3n) is 1.83. The van der Waals surface area contributed by atoms with Gasteiger partial charge in [0.2, 0.25) is 0 Å². The minimum atomic E-state index is 0.0937. The second-order valence-electron chi connectivity index (χ2n) is 2.68. The van der Waals surface area contributed by atoms with E-state index in [2.05, 4.69) is 12.2 Å². The van der Waals surface area contributed by atoms with Crippen molar-refractivity contribution >= 4 is 0 Å². The molecule has 1 aliphatic carbocycles. The molecule has 0 radical (unpaired) electrons. The van der Waals surface area contributed by atoms with E-state index in [0.717, 1.165) is 0 Å². The molecule has 1 unspecified atom stereocenters. The van der Waals surface area contributed by atoms with E-state index in [1.54, 1.807) is 6.26 Å². The molecule has 1 atom stereocenters. The van der Waals surface area contributed by atoms with Crippen molar-refractivity contribution in [3.05, 3.63) is 60.4 Å². The van der Waals surface area contributed by atoms with Gasteiger partial charge >= 0.3 is 0 Å². The van der Waals surface area contributed by atoms with E-state index >= 15 is 0 Å². The van der Waals surface area contributed by atoms with Crippen LogP contribution in [-0.2, 0) is 4.74 Å². The van der Waals surface area contributed by atoms with Crippen molar-refractivity contribution < 1.29 is 4.74 Å². The lowest BCUT2D eigenvalue weighted by atomic mass is 10.0. The van der Waals surface area contributed by atoms with Gasteiger partial charge in [-0.25, -0.2) is 0 Å². The molecule has 1 nitrogen and oxygen atoms in total. The molecule has 0 aromatic rings. The van der Waals surface area contributed by atoms with Crippen molar-refractivity contribution in [1.29, 1.82) is 0 Å². The molecule has 60 valence electrons. The maximum absolute atomic E-state index is 5.45. The number of rotatable bonds is 0. The molecule has 1 aliphatic heterocycles. The van der Waals surface area contributed by atoms with Crippen LogP contribution in [0.1, 0.15) is 0 Å². The highest BCUT2D eigenvalue weighted by atomic mass is 16.5. The predicted octanol–water partition coefficient (Wildman–Crippen LogP) is 2.51. The van der Waals surface area contributed by atoms with Gasteiger partial charge < -0.3 is 4.74 Å². The van der Waals surface area contributed by atoms with Crippen molar-refractivity contribution in [1.82, 2.24) is 0 Å². The van der Waals surface area contributed by atoms with Crippen LogP contribution in [-0.4, -0.2) is 6.10 Å². The van der Waals surface area contributed by atoms with E-state index in [1.807, 2.05) is 36.5 Å². The van der Waals surface area contributed by atoms with Crippen molar-refractivity contribution in [2.45, 2.75) is 6.10 Å². The predicted molar refractivity (Wildman–Crippen MR) is 49.5 cm³/mol. The summed E-state index contributed by atoms with van der Waals surface area (Å²) in [5.41, 5.74) is 1.19. The Bertz CT molecular complexity index is 303. The summed E-state index contributed by atoms with van der Waals surface area (Å²) in [5.74, 6) is 0. The summed E-state index contributed by atoms with van der Waals surface area (Å²) in [5, 5.41) is 0. The standard InChI is InChI=1S/C11H10O/c1-2-6-10-7-3-4-8-11(10)12-9-5-1/h1-9,11H/b2-1-,9-5-,10-6-. The maximum atomic E-state index is 5.45. The molecule has 0 aromatic carbocycles. The molecule has 2 aliphatic rings. The lowest BCUT2D eigenvalue weighted by molar-refractivity contribution is 0.219. The van der Waals surface area contributed by atoms with E-state index in [1.165, 1.54) is 5.57 Å². The SMILES string of the molecule is C1=C/C2=C/C=C\C=C/OC2C=C1. The first kappa shape index (κ1) is 7.17. The molecule has 0 aromatic heterocycles. The van der Waals surface area contributed by atoms with Crippen LogP contribution >= 0.6 is 0 Å². The molecule has 1 heteroatoms. The van der Waals surface area contributed by atoms with E-state index in [0.29, 0.717) is 0 Å². The van der Waals surface area contributed by atoms with Crippen LogP contribution in [0.3, 0.4) is 0 Å². The summed E-state index contributed by atoms with van der Waals surface area (Å²) in [4.78, 5) is 0. The summed E-state index contributed by atoms with van der Waals surface area (Å²) >= 11 is 0. The second-order valence-corrected chi connectivity index (χ2v) is 2.68. The van der Waals surface area contributed by atoms with Gasteiger partial charge in [-0.2, -0.15) is 0 Å². The number of hydrogen-bond acceptors (Lipinski definition) is 1. The first-order valence-corrected chi connectivity index (χ1v) is 4.00. The normalized spacial score (nSPS) is 35.0. The van der Waals surface area contributed by atoms with Crippen LogP contribution in [0.5, 0.6) is 0 Å². The Morgan fingerprint density at radius 1 is 1.00 bits per heavy atom. The molecule has 12 heavy (non-hydrogen) atoms. The van der Waals surface area contributed by atoms with E-state index in [-0.39, 0.29) is 6.10 Å². The molecule has 0 fully saturated rings. The Labute approximate surface area is 72.0 Å². The number of hydrogen-bond donors (Lipinski definition) is 0. The van der Waals surface area contributed by atoms with Crippen molar-refractivity contribution in [2.75, 3.05) is 0 Å². The molecular formula is C11H10O. The quantitative estimate of drug-likeness (QED) is 0.526. The van der Waals surface area contributed by atoms with Crippen LogP contribution in [0.15, 0.2) is 60.4 Å². The average Bonchev–Trinajstić information content (AvgIpc) is 2.06. The summed E-state index contributed by atoms with van der Waals surface area (Å²) in [6.45, 7) is 0. The topological polar surface area (TPSA) is 9.23 Å². The third-order valence-corrected chi connectivity index (χ3v) is 1.83. The molecule has 0 saturated carbocycles. The van der Waals surface area contributed by atoms with Crippen LogP contribution in [0.2, 0.25) is 0 Å². The fraction of sp³-hybridized carbons (Fsp3) is 0.0909. The smallest absolute Gasteiger partial charge is 0.141 e. The molecule has 0 saturated heterocycles. The molecule has 1 heterocycles. The van der Waals surface area contributed by atoms with Crippen LogP contribution in [0, 0.1) is 0 Å². The Balaban J connectivity index is 2.31. The maximum Gasteiger partial charge on any atom is 0.141 e. The zero-order valence-electron chi connectivity index (χ0n) is 6.68. The molecule has 0 bridgehead atoms. The van der Waals surface area contributed by atoms with Gasteiger partial charge in [-0.15, -0.1) is 0 Å². The van der Waals surface area contributed by atoms with Crippen LogP contribution in [0.25, 0.3) is 0 Å². The third kappa shape index (κ3) is 1.40. The number of allylic oxidation sites excluding steroid dienone is 6. The lowest BCUT2D eigenvalue weighted by Crippen LogP contribution is -2.10. The highest BCUT2D eigenvalue weighted by Gasteiger charge is 2.09. The Morgan fingerprint density at radius 3 is 3.00 bits per heavy atom. The van der Waals surface area contributed by atoms with Crippen LogP contribution in [0.4, 0.5) is 0 Å². The van der Waals surface area contributed by atoms with Gasteiger partial charge in [-0.3, -0.25) is 0 Å². The van der Waals surface area contributed by atoms with Gasteiger partial charge in [0.15, 0.2) is 0 Å². The van der Waals surface area contributed by atoms with Gasteiger partial charge in [-0.1, -0.05) is 36.5 Å². The fourth-order valence-electron chi connectivity index (χ4n) is 1.22. The molecule has 2 rings (SSSR count). The summed E-state index contributed by atoms with van der Waals surface area (Å²) in [6, 6.07) is 0. The van der Waals surface area contributed by atoms with Crippen LogP contribution < -0.4 is 0 Å². The van der Waals surface area contributed by atoms with Crippen molar-refractivity contribution in [3.63, 3.8) is 0 Å². The minimum absolute atomic E-state index is 0.0937. The number of ether oxygens (including phenoxy) is 1. The molecular weight excluding hydrogens is 148 g/mol. The first-order chi connectivity index (χ1) is 5.97. The average molecular weight is 158 g/mol. The van der Waals surface area contributed by atoms with E-state index in [4.69, 9.17) is 4.74 Å². The van der Waals surface area contributed by atoms with Crippen molar-refractivity contribution in [2.24, 2.45) is 0 Å². The Morgan fingerprint density at radius 2 is 2.00 bits per heavy atom. The Hall–Kier alpha value is -1.50. The molecule has 0 amide bonds. The summed E-state index contributed by atoms with van der Waals surface area (Å²) < 4.78 is 5.45. The van der Waals surface area contributed by atoms with Crippen molar-refractivity contribution in [3.8, 4) is 0 Å². The monoisotopic (exact) mass is 158 g/mol. The second kappa shape index (κ2) is 3.26. The number of fused-ring (bicyclic) bond motifs is 1. The zero-order chi connectivity index (χ0) is 8.23. The summed E-state index contributed by atoms with van der Waals surface area (Å²) in [7, 11) is 0. The highest BCUT2D eigenvalue weighted by molar-refractivity contribution is 5.38. The van der Waals surface area contributed by atoms with E-state index in [9.17, 15) is 0 Å². The fourth-order valence-corrected chi connectivity index (χ4v) is 1.22. The summed E-state index contributed by atoms with van der Waals surface area (Å²) in [6.07, 6.45) is 17.9. The first-order valence-electron chi connectivity index (χ1n) is 4.00. The van der Waals surface area contributed by atoms with E-state index < -0.39 is 0 Å². The van der Waals surface area contributed by atoms with Gasteiger partial charge in [0, 0.05) is 0 Å². The highest BCUT2D eigenvalue weighted by Crippen LogP contribution is 2.16. The Kier molecular flexibility index (Phi) is 1.95. The minimum Gasteiger partial charge on any atom is -0.489 e. The zero-order valence-corrected chi connectivity index (χ0v) is 6.68. The largest absolute Gasteiger partial charge is 0.489 e. The molecule has 0 spiro atoms. The molecule has 0 N–H and O–H groups in total. The lowest BCUT2D eigenvalue weighted by Gasteiger charge is -2.16. The van der Waals surface area contributed by atoms with Gasteiger partial charge in [0.25, 0.3) is 0 Å². The van der Waals surface area contributed by atoms with Gasteiger partial charge in [0.1, 0.15) is 6.10 Å². The van der Waals surface area contributed by atoms with Gasteiger partial charge in [-0.05, 0) is 17.7 Å².